The van der Waals surface area contributed by atoms with E-state index in [9.17, 15) is 14.0 Å². The maximum absolute atomic E-state index is 13.4. The molecule has 2 amide bonds. The lowest BCUT2D eigenvalue weighted by Gasteiger charge is -2.37. The van der Waals surface area contributed by atoms with Crippen LogP contribution in [0.2, 0.25) is 0 Å². The van der Waals surface area contributed by atoms with Crippen LogP contribution in [-0.4, -0.2) is 54.0 Å². The highest BCUT2D eigenvalue weighted by molar-refractivity contribution is 6.35. The van der Waals surface area contributed by atoms with E-state index in [1.54, 1.807) is 12.1 Å². The second-order valence-electron chi connectivity index (χ2n) is 8.44. The number of hydrogen-bond acceptors (Lipinski definition) is 4. The molecular formula is C22H27FN2O3. The number of ether oxygens (including phenoxy) is 1. The Balaban J connectivity index is 1.72. The molecule has 3 heterocycles. The molecule has 2 fully saturated rings. The standard InChI is InChI=1S/C22H27FN2O3/c1-14-10-15(2)12-24(11-14)20-19(16-5-7-17(23)8-6-16)21(26)25(22(20)27)13-18-4-3-9-28-18/h5-8,14-15,18H,3-4,9-13H2,1-2H3. The van der Waals surface area contributed by atoms with Crippen molar-refractivity contribution in [1.82, 2.24) is 9.80 Å². The van der Waals surface area contributed by atoms with Crippen LogP contribution in [0.5, 0.6) is 0 Å². The number of imide groups is 1. The molecule has 3 atom stereocenters. The van der Waals surface area contributed by atoms with Gasteiger partial charge in [0.1, 0.15) is 11.5 Å². The van der Waals surface area contributed by atoms with Crippen LogP contribution in [0.4, 0.5) is 4.39 Å². The number of carbonyl (C=O) groups excluding carboxylic acids is 2. The molecule has 3 unspecified atom stereocenters. The molecule has 0 aromatic heterocycles. The van der Waals surface area contributed by atoms with E-state index in [1.807, 2.05) is 0 Å². The van der Waals surface area contributed by atoms with E-state index in [0.29, 0.717) is 35.3 Å². The molecule has 0 N–H and O–H groups in total. The van der Waals surface area contributed by atoms with Gasteiger partial charge in [-0.1, -0.05) is 26.0 Å². The van der Waals surface area contributed by atoms with Gasteiger partial charge in [-0.3, -0.25) is 14.5 Å². The van der Waals surface area contributed by atoms with Crippen molar-refractivity contribution in [3.63, 3.8) is 0 Å². The van der Waals surface area contributed by atoms with E-state index in [2.05, 4.69) is 18.7 Å². The number of hydrogen-bond donors (Lipinski definition) is 0. The lowest BCUT2D eigenvalue weighted by molar-refractivity contribution is -0.139. The van der Waals surface area contributed by atoms with Gasteiger partial charge in [0, 0.05) is 19.7 Å². The number of likely N-dealkylation sites (tertiary alicyclic amines) is 1. The van der Waals surface area contributed by atoms with Gasteiger partial charge in [0.25, 0.3) is 11.8 Å². The molecule has 0 radical (unpaired) electrons. The quantitative estimate of drug-likeness (QED) is 0.747. The van der Waals surface area contributed by atoms with Gasteiger partial charge < -0.3 is 9.64 Å². The largest absolute Gasteiger partial charge is 0.376 e. The highest BCUT2D eigenvalue weighted by Gasteiger charge is 2.43. The van der Waals surface area contributed by atoms with Gasteiger partial charge in [-0.05, 0) is 48.8 Å². The first-order valence-corrected chi connectivity index (χ1v) is 10.2. The van der Waals surface area contributed by atoms with Crippen molar-refractivity contribution in [3.8, 4) is 0 Å². The van der Waals surface area contributed by atoms with Crippen molar-refractivity contribution in [2.75, 3.05) is 26.2 Å². The topological polar surface area (TPSA) is 49.9 Å². The van der Waals surface area contributed by atoms with Crippen molar-refractivity contribution >= 4 is 17.4 Å². The summed E-state index contributed by atoms with van der Waals surface area (Å²) in [4.78, 5) is 30.0. The van der Waals surface area contributed by atoms with Crippen LogP contribution in [0.25, 0.3) is 5.57 Å². The number of carbonyl (C=O) groups is 2. The number of nitrogens with zero attached hydrogens (tertiary/aromatic N) is 2. The van der Waals surface area contributed by atoms with Crippen molar-refractivity contribution in [3.05, 3.63) is 41.3 Å². The highest BCUT2D eigenvalue weighted by Crippen LogP contribution is 2.35. The molecule has 3 aliphatic rings. The smallest absolute Gasteiger partial charge is 0.277 e. The van der Waals surface area contributed by atoms with Gasteiger partial charge in [0.15, 0.2) is 0 Å². The summed E-state index contributed by atoms with van der Waals surface area (Å²) in [7, 11) is 0. The van der Waals surface area contributed by atoms with Crippen LogP contribution in [0.15, 0.2) is 30.0 Å². The molecule has 5 nitrogen and oxygen atoms in total. The zero-order valence-electron chi connectivity index (χ0n) is 16.5. The molecule has 0 aliphatic carbocycles. The Bertz CT molecular complexity index is 789. The minimum absolute atomic E-state index is 0.0964. The average Bonchev–Trinajstić information content (AvgIpc) is 3.24. The fourth-order valence-corrected chi connectivity index (χ4v) is 4.74. The van der Waals surface area contributed by atoms with Gasteiger partial charge in [-0.2, -0.15) is 0 Å². The summed E-state index contributed by atoms with van der Waals surface area (Å²) < 4.78 is 19.1. The first kappa shape index (κ1) is 19.1. The summed E-state index contributed by atoms with van der Waals surface area (Å²) in [5, 5.41) is 0. The van der Waals surface area contributed by atoms with Crippen LogP contribution in [-0.2, 0) is 14.3 Å². The molecule has 150 valence electrons. The molecular weight excluding hydrogens is 359 g/mol. The predicted octanol–water partition coefficient (Wildman–Crippen LogP) is 3.06. The van der Waals surface area contributed by atoms with Gasteiger partial charge in [-0.25, -0.2) is 4.39 Å². The maximum atomic E-state index is 13.4. The van der Waals surface area contributed by atoms with Crippen molar-refractivity contribution in [2.24, 2.45) is 11.8 Å². The highest BCUT2D eigenvalue weighted by atomic mass is 19.1. The fraction of sp³-hybridized carbons (Fsp3) is 0.545. The number of rotatable bonds is 4. The second kappa shape index (κ2) is 7.66. The normalized spacial score (nSPS) is 28.6. The molecule has 0 bridgehead atoms. The first-order valence-electron chi connectivity index (χ1n) is 10.2. The lowest BCUT2D eigenvalue weighted by atomic mass is 9.91. The number of amides is 2. The molecule has 1 aromatic rings. The molecule has 3 aliphatic heterocycles. The van der Waals surface area contributed by atoms with Crippen LogP contribution in [0.3, 0.4) is 0 Å². The van der Waals surface area contributed by atoms with Crippen LogP contribution >= 0.6 is 0 Å². The number of halogens is 1. The summed E-state index contributed by atoms with van der Waals surface area (Å²) in [5.41, 5.74) is 1.45. The number of piperidine rings is 1. The molecule has 0 spiro atoms. The molecule has 1 aromatic carbocycles. The van der Waals surface area contributed by atoms with E-state index in [1.165, 1.54) is 17.0 Å². The average molecular weight is 386 g/mol. The second-order valence-corrected chi connectivity index (χ2v) is 8.44. The summed E-state index contributed by atoms with van der Waals surface area (Å²) in [5.74, 6) is -0.0186. The van der Waals surface area contributed by atoms with E-state index >= 15 is 0 Å². The molecule has 2 saturated heterocycles. The molecule has 6 heteroatoms. The van der Waals surface area contributed by atoms with Crippen LogP contribution in [0.1, 0.15) is 38.7 Å². The van der Waals surface area contributed by atoms with Gasteiger partial charge >= 0.3 is 0 Å². The Labute approximate surface area is 165 Å². The van der Waals surface area contributed by atoms with Crippen molar-refractivity contribution in [1.29, 1.82) is 0 Å². The minimum atomic E-state index is -0.362. The third-order valence-electron chi connectivity index (χ3n) is 5.87. The third kappa shape index (κ3) is 3.58. The van der Waals surface area contributed by atoms with E-state index in [4.69, 9.17) is 4.74 Å². The summed E-state index contributed by atoms with van der Waals surface area (Å²) in [6, 6.07) is 5.84. The Morgan fingerprint density at radius 2 is 1.75 bits per heavy atom. The fourth-order valence-electron chi connectivity index (χ4n) is 4.74. The summed E-state index contributed by atoms with van der Waals surface area (Å²) in [6.07, 6.45) is 2.82. The summed E-state index contributed by atoms with van der Waals surface area (Å²) >= 11 is 0. The third-order valence-corrected chi connectivity index (χ3v) is 5.87. The Morgan fingerprint density at radius 1 is 1.07 bits per heavy atom. The zero-order chi connectivity index (χ0) is 19.8. The molecule has 0 saturated carbocycles. The zero-order valence-corrected chi connectivity index (χ0v) is 16.5. The molecule has 28 heavy (non-hydrogen) atoms. The Morgan fingerprint density at radius 3 is 2.36 bits per heavy atom. The lowest BCUT2D eigenvalue weighted by Crippen LogP contribution is -2.43. The number of benzene rings is 1. The molecule has 4 rings (SSSR count). The van der Waals surface area contributed by atoms with E-state index in [-0.39, 0.29) is 30.3 Å². The monoisotopic (exact) mass is 386 g/mol. The summed E-state index contributed by atoms with van der Waals surface area (Å²) in [6.45, 7) is 6.80. The Kier molecular flexibility index (Phi) is 5.23. The van der Waals surface area contributed by atoms with E-state index in [0.717, 1.165) is 32.4 Å². The van der Waals surface area contributed by atoms with Crippen LogP contribution < -0.4 is 0 Å². The van der Waals surface area contributed by atoms with Gasteiger partial charge in [-0.15, -0.1) is 0 Å². The van der Waals surface area contributed by atoms with Crippen molar-refractivity contribution < 1.29 is 18.7 Å². The van der Waals surface area contributed by atoms with E-state index < -0.39 is 0 Å². The minimum Gasteiger partial charge on any atom is -0.376 e. The maximum Gasteiger partial charge on any atom is 0.277 e. The van der Waals surface area contributed by atoms with Gasteiger partial charge in [0.05, 0.1) is 18.2 Å². The van der Waals surface area contributed by atoms with Gasteiger partial charge in [0.2, 0.25) is 0 Å². The Hall–Kier alpha value is -2.21. The SMILES string of the molecule is CC1CC(C)CN(C2=C(c3ccc(F)cc3)C(=O)N(CC3CCCO3)C2=O)C1. The first-order chi connectivity index (χ1) is 13.4. The predicted molar refractivity (Wildman–Crippen MR) is 104 cm³/mol. The van der Waals surface area contributed by atoms with Crippen LogP contribution in [0, 0.1) is 17.7 Å². The van der Waals surface area contributed by atoms with Crippen molar-refractivity contribution in [2.45, 2.75) is 39.2 Å².